The molecule has 0 aliphatic carbocycles. The number of nitrogens with zero attached hydrogens (tertiary/aromatic N) is 2. The Morgan fingerprint density at radius 3 is 2.76 bits per heavy atom. The van der Waals surface area contributed by atoms with Gasteiger partial charge in [-0.1, -0.05) is 13.0 Å². The molecule has 0 saturated heterocycles. The van der Waals surface area contributed by atoms with Crippen molar-refractivity contribution in [3.8, 4) is 0 Å². The number of rotatable bonds is 7. The molecule has 0 bridgehead atoms. The monoisotopic (exact) mass is 237 g/mol. The maximum atomic E-state index is 5.06. The first-order valence-electron chi connectivity index (χ1n) is 6.06. The van der Waals surface area contributed by atoms with Gasteiger partial charge >= 0.3 is 0 Å². The molecule has 0 spiro atoms. The van der Waals surface area contributed by atoms with Crippen molar-refractivity contribution in [2.24, 2.45) is 0 Å². The van der Waals surface area contributed by atoms with Gasteiger partial charge in [0, 0.05) is 32.9 Å². The fraction of sp³-hybridized carbons (Fsp3) is 0.615. The van der Waals surface area contributed by atoms with Crippen LogP contribution in [-0.2, 0) is 11.3 Å². The minimum absolute atomic E-state index is 0.719. The summed E-state index contributed by atoms with van der Waals surface area (Å²) >= 11 is 0. The molecule has 0 radical (unpaired) electrons. The lowest BCUT2D eigenvalue weighted by molar-refractivity contribution is 0.206. The second kappa shape index (κ2) is 7.25. The van der Waals surface area contributed by atoms with Crippen molar-refractivity contribution in [3.63, 3.8) is 0 Å². The van der Waals surface area contributed by atoms with Gasteiger partial charge < -0.3 is 15.0 Å². The lowest BCUT2D eigenvalue weighted by Crippen LogP contribution is -2.23. The summed E-state index contributed by atoms with van der Waals surface area (Å²) < 4.78 is 5.06. The highest BCUT2D eigenvalue weighted by Gasteiger charge is 2.05. The molecule has 1 aromatic rings. The molecule has 0 fully saturated rings. The zero-order chi connectivity index (χ0) is 12.7. The molecule has 17 heavy (non-hydrogen) atoms. The molecule has 4 nitrogen and oxygen atoms in total. The van der Waals surface area contributed by atoms with Gasteiger partial charge in [0.15, 0.2) is 0 Å². The average molecular weight is 237 g/mol. The molecule has 0 unspecified atom stereocenters. The van der Waals surface area contributed by atoms with Crippen molar-refractivity contribution in [1.29, 1.82) is 0 Å². The first kappa shape index (κ1) is 13.9. The summed E-state index contributed by atoms with van der Waals surface area (Å²) in [6.07, 6.45) is 0. The number of likely N-dealkylation sites (N-methyl/N-ethyl adjacent to an activating group) is 1. The van der Waals surface area contributed by atoms with Gasteiger partial charge in [-0.05, 0) is 25.1 Å². The summed E-state index contributed by atoms with van der Waals surface area (Å²) in [6.45, 7) is 7.61. The molecule has 1 heterocycles. The third kappa shape index (κ3) is 4.32. The zero-order valence-corrected chi connectivity index (χ0v) is 11.3. The fourth-order valence-electron chi connectivity index (χ4n) is 1.58. The molecule has 1 rings (SSSR count). The molecule has 0 amide bonds. The maximum absolute atomic E-state index is 5.06. The highest BCUT2D eigenvalue weighted by molar-refractivity contribution is 5.40. The van der Waals surface area contributed by atoms with Crippen LogP contribution < -0.4 is 10.2 Å². The van der Waals surface area contributed by atoms with E-state index in [4.69, 9.17) is 4.74 Å². The predicted molar refractivity (Wildman–Crippen MR) is 71.5 cm³/mol. The van der Waals surface area contributed by atoms with Crippen LogP contribution in [0.15, 0.2) is 12.1 Å². The summed E-state index contributed by atoms with van der Waals surface area (Å²) in [5.74, 6) is 1.000. The smallest absolute Gasteiger partial charge is 0.128 e. The van der Waals surface area contributed by atoms with E-state index in [0.29, 0.717) is 0 Å². The predicted octanol–water partition coefficient (Wildman–Crippen LogP) is 1.58. The van der Waals surface area contributed by atoms with Crippen molar-refractivity contribution < 1.29 is 4.74 Å². The molecule has 0 aliphatic heterocycles. The van der Waals surface area contributed by atoms with Gasteiger partial charge in [0.05, 0.1) is 6.61 Å². The molecule has 1 N–H and O–H groups in total. The van der Waals surface area contributed by atoms with Gasteiger partial charge in [0.25, 0.3) is 0 Å². The molecule has 0 atom stereocenters. The quantitative estimate of drug-likeness (QED) is 0.781. The molecule has 0 aromatic carbocycles. The number of anilines is 1. The second-order valence-electron chi connectivity index (χ2n) is 4.11. The number of pyridine rings is 1. The Morgan fingerprint density at radius 1 is 1.41 bits per heavy atom. The Hall–Kier alpha value is -1.13. The Kier molecular flexibility index (Phi) is 5.94. The van der Waals surface area contributed by atoms with Crippen LogP contribution in [0.3, 0.4) is 0 Å². The number of hydrogen-bond donors (Lipinski definition) is 1. The lowest BCUT2D eigenvalue weighted by atomic mass is 10.2. The van der Waals surface area contributed by atoms with Gasteiger partial charge in [-0.25, -0.2) is 4.98 Å². The standard InChI is InChI=1S/C13H23N3O/c1-5-14-10-12-6-7-13(15-11(12)2)16(3)8-9-17-4/h6-7,14H,5,8-10H2,1-4H3. The summed E-state index contributed by atoms with van der Waals surface area (Å²) in [4.78, 5) is 6.71. The summed E-state index contributed by atoms with van der Waals surface area (Å²) in [5, 5.41) is 3.31. The van der Waals surface area contributed by atoms with Crippen LogP contribution in [0.25, 0.3) is 0 Å². The summed E-state index contributed by atoms with van der Waals surface area (Å²) in [5.41, 5.74) is 2.35. The van der Waals surface area contributed by atoms with E-state index in [1.807, 2.05) is 7.05 Å². The van der Waals surface area contributed by atoms with Gasteiger partial charge in [-0.15, -0.1) is 0 Å². The van der Waals surface area contributed by atoms with Crippen molar-refractivity contribution in [2.45, 2.75) is 20.4 Å². The molecule has 4 heteroatoms. The third-order valence-corrected chi connectivity index (χ3v) is 2.77. The van der Waals surface area contributed by atoms with Crippen molar-refractivity contribution in [3.05, 3.63) is 23.4 Å². The lowest BCUT2D eigenvalue weighted by Gasteiger charge is -2.19. The first-order chi connectivity index (χ1) is 8.19. The number of hydrogen-bond acceptors (Lipinski definition) is 4. The Balaban J connectivity index is 2.67. The highest BCUT2D eigenvalue weighted by atomic mass is 16.5. The number of aryl methyl sites for hydroxylation is 1. The minimum Gasteiger partial charge on any atom is -0.383 e. The van der Waals surface area contributed by atoms with E-state index in [1.54, 1.807) is 7.11 Å². The summed E-state index contributed by atoms with van der Waals surface area (Å²) in [7, 11) is 3.75. The van der Waals surface area contributed by atoms with Gasteiger partial charge in [0.1, 0.15) is 5.82 Å². The Bertz CT molecular complexity index is 341. The third-order valence-electron chi connectivity index (χ3n) is 2.77. The molecule has 1 aromatic heterocycles. The van der Waals surface area contributed by atoms with Crippen LogP contribution in [0.2, 0.25) is 0 Å². The number of nitrogens with one attached hydrogen (secondary N) is 1. The van der Waals surface area contributed by atoms with Crippen LogP contribution in [0.4, 0.5) is 5.82 Å². The van der Waals surface area contributed by atoms with Crippen molar-refractivity contribution in [2.75, 3.05) is 38.8 Å². The first-order valence-corrected chi connectivity index (χ1v) is 6.06. The summed E-state index contributed by atoms with van der Waals surface area (Å²) in [6, 6.07) is 4.21. The van der Waals surface area contributed by atoms with Gasteiger partial charge in [0.2, 0.25) is 0 Å². The number of methoxy groups -OCH3 is 1. The topological polar surface area (TPSA) is 37.4 Å². The normalized spacial score (nSPS) is 10.6. The van der Waals surface area contributed by atoms with E-state index in [0.717, 1.165) is 37.8 Å². The largest absolute Gasteiger partial charge is 0.383 e. The van der Waals surface area contributed by atoms with E-state index in [2.05, 4.69) is 41.2 Å². The van der Waals surface area contributed by atoms with Gasteiger partial charge in [-0.3, -0.25) is 0 Å². The molecular weight excluding hydrogens is 214 g/mol. The minimum atomic E-state index is 0.719. The second-order valence-corrected chi connectivity index (χ2v) is 4.11. The van der Waals surface area contributed by atoms with Crippen molar-refractivity contribution in [1.82, 2.24) is 10.3 Å². The zero-order valence-electron chi connectivity index (χ0n) is 11.3. The van der Waals surface area contributed by atoms with Crippen LogP contribution in [0, 0.1) is 6.92 Å². The van der Waals surface area contributed by atoms with E-state index >= 15 is 0 Å². The molecular formula is C13H23N3O. The Labute approximate surface area is 104 Å². The average Bonchev–Trinajstić information content (AvgIpc) is 2.34. The maximum Gasteiger partial charge on any atom is 0.128 e. The van der Waals surface area contributed by atoms with E-state index < -0.39 is 0 Å². The van der Waals surface area contributed by atoms with Crippen LogP contribution in [-0.4, -0.2) is 38.8 Å². The molecule has 0 aliphatic rings. The van der Waals surface area contributed by atoms with Crippen LogP contribution in [0.1, 0.15) is 18.2 Å². The van der Waals surface area contributed by atoms with E-state index in [1.165, 1.54) is 5.56 Å². The van der Waals surface area contributed by atoms with Crippen LogP contribution >= 0.6 is 0 Å². The fourth-order valence-corrected chi connectivity index (χ4v) is 1.58. The SMILES string of the molecule is CCNCc1ccc(N(C)CCOC)nc1C. The van der Waals surface area contributed by atoms with Crippen LogP contribution in [0.5, 0.6) is 0 Å². The van der Waals surface area contributed by atoms with E-state index in [-0.39, 0.29) is 0 Å². The number of aromatic nitrogens is 1. The van der Waals surface area contributed by atoms with Crippen molar-refractivity contribution >= 4 is 5.82 Å². The molecule has 96 valence electrons. The van der Waals surface area contributed by atoms with Gasteiger partial charge in [-0.2, -0.15) is 0 Å². The number of ether oxygens (including phenoxy) is 1. The Morgan fingerprint density at radius 2 is 2.18 bits per heavy atom. The highest BCUT2D eigenvalue weighted by Crippen LogP contribution is 2.13. The van der Waals surface area contributed by atoms with E-state index in [9.17, 15) is 0 Å². The molecule has 0 saturated carbocycles.